The molecule has 1 aliphatic carbocycles. The molecule has 0 bridgehead atoms. The number of ether oxygens (including phenoxy) is 1. The van der Waals surface area contributed by atoms with Gasteiger partial charge in [0.1, 0.15) is 6.04 Å². The number of rotatable bonds is 11. The van der Waals surface area contributed by atoms with Crippen LogP contribution in [0.5, 0.6) is 0 Å². The first-order chi connectivity index (χ1) is 20.9. The van der Waals surface area contributed by atoms with Gasteiger partial charge in [-0.3, -0.25) is 9.59 Å². The second-order valence-corrected chi connectivity index (χ2v) is 14.4. The summed E-state index contributed by atoms with van der Waals surface area (Å²) in [6.45, 7) is 6.44. The second-order valence-electron chi connectivity index (χ2n) is 12.0. The van der Waals surface area contributed by atoms with Gasteiger partial charge in [-0.1, -0.05) is 32.4 Å². The zero-order valence-electron chi connectivity index (χ0n) is 25.4. The zero-order valence-corrected chi connectivity index (χ0v) is 27.0. The average Bonchev–Trinajstić information content (AvgIpc) is 3.32. The van der Waals surface area contributed by atoms with Crippen LogP contribution in [0.1, 0.15) is 57.3 Å². The van der Waals surface area contributed by atoms with Crippen molar-refractivity contribution in [2.24, 2.45) is 17.8 Å². The van der Waals surface area contributed by atoms with Crippen molar-refractivity contribution in [1.82, 2.24) is 10.6 Å². The number of hydrogen-bond acceptors (Lipinski definition) is 7. The summed E-state index contributed by atoms with van der Waals surface area (Å²) in [5.41, 5.74) is -2.09. The van der Waals surface area contributed by atoms with E-state index in [1.165, 1.54) is 26.2 Å². The van der Waals surface area contributed by atoms with Crippen molar-refractivity contribution in [1.29, 1.82) is 0 Å². The Morgan fingerprint density at radius 2 is 1.73 bits per heavy atom. The largest absolute Gasteiger partial charge is 0.453 e. The molecule has 0 aliphatic heterocycles. The van der Waals surface area contributed by atoms with Crippen LogP contribution in [0.4, 0.5) is 23.7 Å². The number of benzene rings is 2. The molecule has 1 saturated carbocycles. The van der Waals surface area contributed by atoms with Crippen molar-refractivity contribution in [3.05, 3.63) is 58.4 Å². The van der Waals surface area contributed by atoms with Crippen LogP contribution in [-0.2, 0) is 19.4 Å². The molecule has 3 rings (SSSR count). The maximum absolute atomic E-state index is 14.0. The van der Waals surface area contributed by atoms with Crippen molar-refractivity contribution in [2.75, 3.05) is 19.0 Å². The maximum Gasteiger partial charge on any atom is 0.407 e. The van der Waals surface area contributed by atoms with Gasteiger partial charge in [0, 0.05) is 29.9 Å². The molecule has 45 heavy (non-hydrogen) atoms. The van der Waals surface area contributed by atoms with E-state index in [1.807, 2.05) is 0 Å². The van der Waals surface area contributed by atoms with Gasteiger partial charge >= 0.3 is 6.09 Å². The SMILES string of the molecule is COC(=O)NC(C(=O)NC[C@](C)(O)C[C@@H]1CCC(C)C1S(=O)(=O)c1cc(C(=O)Nc2cc(F)c(F)c(F)c2)ccc1Cl)C(C)C. The number of methoxy groups -OCH3 is 1. The molecule has 1 aliphatic rings. The van der Waals surface area contributed by atoms with E-state index in [9.17, 15) is 41.1 Å². The third kappa shape index (κ3) is 8.67. The molecular formula is C30H37ClF3N3O7S. The van der Waals surface area contributed by atoms with E-state index in [1.54, 1.807) is 20.8 Å². The van der Waals surface area contributed by atoms with Gasteiger partial charge in [-0.05, 0) is 62.1 Å². The highest BCUT2D eigenvalue weighted by molar-refractivity contribution is 7.92. The molecule has 0 aromatic heterocycles. The second kappa shape index (κ2) is 14.4. The van der Waals surface area contributed by atoms with Gasteiger partial charge in [0.05, 0.1) is 27.9 Å². The Bertz CT molecular complexity index is 1530. The molecule has 4 N–H and O–H groups in total. The molecule has 3 amide bonds. The van der Waals surface area contributed by atoms with E-state index >= 15 is 0 Å². The van der Waals surface area contributed by atoms with Crippen LogP contribution in [0.25, 0.3) is 0 Å². The number of alkyl carbamates (subject to hydrolysis) is 1. The van der Waals surface area contributed by atoms with Crippen LogP contribution in [-0.4, -0.2) is 62.0 Å². The van der Waals surface area contributed by atoms with Gasteiger partial charge in [0.25, 0.3) is 5.91 Å². The Labute approximate surface area is 265 Å². The smallest absolute Gasteiger partial charge is 0.407 e. The van der Waals surface area contributed by atoms with Crippen molar-refractivity contribution < 1.29 is 45.8 Å². The van der Waals surface area contributed by atoms with Gasteiger partial charge in [-0.2, -0.15) is 0 Å². The minimum absolute atomic E-state index is 0.00220. The summed E-state index contributed by atoms with van der Waals surface area (Å²) in [7, 11) is -3.04. The van der Waals surface area contributed by atoms with E-state index in [0.717, 1.165) is 6.07 Å². The summed E-state index contributed by atoms with van der Waals surface area (Å²) in [5.74, 6) is -7.39. The molecule has 0 radical (unpaired) electrons. The lowest BCUT2D eigenvalue weighted by atomic mass is 9.89. The standard InChI is InChI=1S/C30H37ClF3N3O7S/c1-15(2)25(37-29(40)44-5)28(39)35-14-30(4,41)13-18-7-6-16(3)26(18)45(42,43)23-10-17(8-9-20(23)31)27(38)36-19-11-21(32)24(34)22(33)12-19/h8-12,15-16,18,25-26,41H,6-7,13-14H2,1-5H3,(H,35,39)(H,36,38)(H,37,40)/t16?,18-,25?,26?,30+/m0/s1. The normalized spacial score (nSPS) is 20.3. The van der Waals surface area contributed by atoms with Crippen LogP contribution in [0.2, 0.25) is 5.02 Å². The molecule has 248 valence electrons. The summed E-state index contributed by atoms with van der Waals surface area (Å²) in [6.07, 6.45) is 0.182. The molecule has 0 saturated heterocycles. The van der Waals surface area contributed by atoms with Crippen LogP contribution in [0.3, 0.4) is 0 Å². The maximum atomic E-state index is 14.0. The molecule has 2 aromatic carbocycles. The summed E-state index contributed by atoms with van der Waals surface area (Å²) in [4.78, 5) is 37.0. The molecule has 15 heteroatoms. The fraction of sp³-hybridized carbons (Fsp3) is 0.500. The Kier molecular flexibility index (Phi) is 11.5. The number of aliphatic hydroxyl groups is 1. The Balaban J connectivity index is 1.80. The topological polar surface area (TPSA) is 151 Å². The van der Waals surface area contributed by atoms with Crippen molar-refractivity contribution in [2.45, 2.75) is 68.7 Å². The zero-order chi connectivity index (χ0) is 33.9. The van der Waals surface area contributed by atoms with E-state index in [-0.39, 0.29) is 46.0 Å². The number of anilines is 1. The van der Waals surface area contributed by atoms with Crippen molar-refractivity contribution in [3.8, 4) is 0 Å². The molecule has 10 nitrogen and oxygen atoms in total. The van der Waals surface area contributed by atoms with Crippen LogP contribution >= 0.6 is 11.6 Å². The van der Waals surface area contributed by atoms with E-state index < -0.39 is 68.0 Å². The number of carbonyl (C=O) groups excluding carboxylic acids is 3. The third-order valence-corrected chi connectivity index (χ3v) is 10.8. The predicted octanol–water partition coefficient (Wildman–Crippen LogP) is 4.84. The van der Waals surface area contributed by atoms with Gasteiger partial charge in [-0.15, -0.1) is 0 Å². The molecule has 2 aromatic rings. The Hall–Kier alpha value is -3.36. The highest BCUT2D eigenvalue weighted by Crippen LogP contribution is 2.43. The number of halogens is 4. The summed E-state index contributed by atoms with van der Waals surface area (Å²) in [5, 5.41) is 17.3. The molecule has 3 unspecified atom stereocenters. The first-order valence-electron chi connectivity index (χ1n) is 14.2. The number of hydrogen-bond donors (Lipinski definition) is 4. The lowest BCUT2D eigenvalue weighted by Gasteiger charge is -2.32. The number of amides is 3. The number of carbonyl (C=O) groups is 3. The van der Waals surface area contributed by atoms with Gasteiger partial charge in [-0.25, -0.2) is 26.4 Å². The third-order valence-electron chi connectivity index (χ3n) is 7.87. The predicted molar refractivity (Wildman–Crippen MR) is 161 cm³/mol. The minimum Gasteiger partial charge on any atom is -0.453 e. The van der Waals surface area contributed by atoms with Crippen molar-refractivity contribution in [3.63, 3.8) is 0 Å². The van der Waals surface area contributed by atoms with Gasteiger partial charge < -0.3 is 25.8 Å². The molecule has 0 spiro atoms. The summed E-state index contributed by atoms with van der Waals surface area (Å²) < 4.78 is 73.2. The molecule has 0 heterocycles. The Morgan fingerprint density at radius 1 is 1.11 bits per heavy atom. The minimum atomic E-state index is -4.20. The summed E-state index contributed by atoms with van der Waals surface area (Å²) >= 11 is 6.31. The van der Waals surface area contributed by atoms with Crippen LogP contribution in [0.15, 0.2) is 35.2 Å². The van der Waals surface area contributed by atoms with Gasteiger partial charge in [0.15, 0.2) is 27.3 Å². The highest BCUT2D eigenvalue weighted by atomic mass is 35.5. The molecule has 5 atom stereocenters. The first kappa shape index (κ1) is 36.1. The first-order valence-corrected chi connectivity index (χ1v) is 16.1. The monoisotopic (exact) mass is 675 g/mol. The fourth-order valence-corrected chi connectivity index (χ4v) is 8.48. The fourth-order valence-electron chi connectivity index (χ4n) is 5.63. The summed E-state index contributed by atoms with van der Waals surface area (Å²) in [6, 6.07) is 3.74. The van der Waals surface area contributed by atoms with Crippen LogP contribution in [0, 0.1) is 35.2 Å². The molecular weight excluding hydrogens is 639 g/mol. The lowest BCUT2D eigenvalue weighted by molar-refractivity contribution is -0.125. The average molecular weight is 676 g/mol. The van der Waals surface area contributed by atoms with E-state index in [0.29, 0.717) is 25.0 Å². The van der Waals surface area contributed by atoms with Gasteiger partial charge in [0.2, 0.25) is 5.91 Å². The lowest BCUT2D eigenvalue weighted by Crippen LogP contribution is -2.53. The van der Waals surface area contributed by atoms with E-state index in [2.05, 4.69) is 20.7 Å². The quantitative estimate of drug-likeness (QED) is 0.249. The molecule has 1 fully saturated rings. The van der Waals surface area contributed by atoms with E-state index in [4.69, 9.17) is 11.6 Å². The number of sulfone groups is 1. The van der Waals surface area contributed by atoms with Crippen molar-refractivity contribution >= 4 is 45.0 Å². The van der Waals surface area contributed by atoms with Crippen LogP contribution < -0.4 is 16.0 Å². The number of nitrogens with one attached hydrogen (secondary N) is 3. The Morgan fingerprint density at radius 3 is 2.31 bits per heavy atom. The highest BCUT2D eigenvalue weighted by Gasteiger charge is 2.46.